The maximum Gasteiger partial charge on any atom is 0.313 e. The highest BCUT2D eigenvalue weighted by Gasteiger charge is 2.28. The van der Waals surface area contributed by atoms with Crippen LogP contribution in [-0.4, -0.2) is 27.4 Å². The normalized spacial score (nSPS) is 29.7. The standard InChI is InChI=1S/C7H8O4/c8-5-3-1-2-4(6(5)9)7(10)11/h1-4,6,8-9H,(H,10,11). The molecular formula is C7H8O4. The number of hydrogen-bond donors (Lipinski definition) is 3. The predicted molar refractivity (Wildman–Crippen MR) is 37.0 cm³/mol. The van der Waals surface area contributed by atoms with Gasteiger partial charge in [0, 0.05) is 0 Å². The lowest BCUT2D eigenvalue weighted by atomic mass is 9.96. The number of carboxylic acids is 1. The summed E-state index contributed by atoms with van der Waals surface area (Å²) in [6, 6.07) is 0. The summed E-state index contributed by atoms with van der Waals surface area (Å²) >= 11 is 0. The largest absolute Gasteiger partial charge is 0.510 e. The fraction of sp³-hybridized carbons (Fsp3) is 0.286. The van der Waals surface area contributed by atoms with Crippen molar-refractivity contribution in [3.8, 4) is 0 Å². The molecule has 4 heteroatoms. The minimum atomic E-state index is -1.31. The molecule has 0 heterocycles. The van der Waals surface area contributed by atoms with Gasteiger partial charge in [-0.25, -0.2) is 0 Å². The SMILES string of the molecule is O=C(O)C1C=CC=C(O)C1O. The van der Waals surface area contributed by atoms with E-state index in [0.29, 0.717) is 0 Å². The average molecular weight is 156 g/mol. The molecule has 0 bridgehead atoms. The van der Waals surface area contributed by atoms with Gasteiger partial charge in [-0.05, 0) is 6.08 Å². The van der Waals surface area contributed by atoms with Crippen molar-refractivity contribution >= 4 is 5.97 Å². The summed E-state index contributed by atoms with van der Waals surface area (Å²) < 4.78 is 0. The topological polar surface area (TPSA) is 77.8 Å². The molecule has 0 fully saturated rings. The van der Waals surface area contributed by atoms with Gasteiger partial charge in [-0.2, -0.15) is 0 Å². The van der Waals surface area contributed by atoms with E-state index >= 15 is 0 Å². The molecule has 2 unspecified atom stereocenters. The number of allylic oxidation sites excluding steroid dienone is 2. The van der Waals surface area contributed by atoms with Gasteiger partial charge in [-0.15, -0.1) is 0 Å². The molecule has 0 spiro atoms. The predicted octanol–water partition coefficient (Wildman–Crippen LogP) is 0.0598. The zero-order valence-corrected chi connectivity index (χ0v) is 5.64. The van der Waals surface area contributed by atoms with Crippen molar-refractivity contribution in [2.45, 2.75) is 6.10 Å². The highest BCUT2D eigenvalue weighted by atomic mass is 16.4. The molecule has 0 aromatic carbocycles. The van der Waals surface area contributed by atoms with E-state index in [1.165, 1.54) is 18.2 Å². The summed E-state index contributed by atoms with van der Waals surface area (Å²) in [7, 11) is 0. The van der Waals surface area contributed by atoms with Gasteiger partial charge in [0.05, 0.1) is 0 Å². The summed E-state index contributed by atoms with van der Waals surface area (Å²) in [5, 5.41) is 26.4. The number of carboxylic acid groups (broad SMARTS) is 1. The molecule has 0 saturated carbocycles. The molecule has 1 aliphatic carbocycles. The summed E-state index contributed by atoms with van der Waals surface area (Å²) in [5.74, 6) is -2.48. The Kier molecular flexibility index (Phi) is 1.96. The van der Waals surface area contributed by atoms with E-state index in [4.69, 9.17) is 15.3 Å². The zero-order valence-electron chi connectivity index (χ0n) is 5.64. The molecule has 0 aromatic rings. The van der Waals surface area contributed by atoms with Crippen molar-refractivity contribution in [3.05, 3.63) is 24.0 Å². The third kappa shape index (κ3) is 1.40. The number of rotatable bonds is 1. The Morgan fingerprint density at radius 2 is 2.18 bits per heavy atom. The second-order valence-electron chi connectivity index (χ2n) is 2.29. The van der Waals surface area contributed by atoms with Crippen LogP contribution in [0.1, 0.15) is 0 Å². The molecule has 60 valence electrons. The van der Waals surface area contributed by atoms with Crippen molar-refractivity contribution in [2.75, 3.05) is 0 Å². The number of hydrogen-bond acceptors (Lipinski definition) is 3. The van der Waals surface area contributed by atoms with Gasteiger partial charge >= 0.3 is 5.97 Å². The fourth-order valence-corrected chi connectivity index (χ4v) is 0.879. The molecule has 0 saturated heterocycles. The first kappa shape index (κ1) is 7.81. The van der Waals surface area contributed by atoms with Crippen LogP contribution >= 0.6 is 0 Å². The Hall–Kier alpha value is -1.29. The summed E-state index contributed by atoms with van der Waals surface area (Å²) in [6.07, 6.45) is 2.69. The maximum absolute atomic E-state index is 10.4. The van der Waals surface area contributed by atoms with E-state index in [1.54, 1.807) is 0 Å². The number of aliphatic carboxylic acids is 1. The van der Waals surface area contributed by atoms with Crippen molar-refractivity contribution in [2.24, 2.45) is 5.92 Å². The van der Waals surface area contributed by atoms with Gasteiger partial charge < -0.3 is 15.3 Å². The molecule has 0 radical (unpaired) electrons. The van der Waals surface area contributed by atoms with Gasteiger partial charge in [0.1, 0.15) is 17.8 Å². The van der Waals surface area contributed by atoms with Crippen LogP contribution in [0.2, 0.25) is 0 Å². The highest BCUT2D eigenvalue weighted by molar-refractivity contribution is 5.74. The molecule has 0 aromatic heterocycles. The first-order valence-electron chi connectivity index (χ1n) is 3.11. The second kappa shape index (κ2) is 2.75. The average Bonchev–Trinajstić information content (AvgIpc) is 1.94. The molecule has 2 atom stereocenters. The number of aliphatic hydroxyl groups is 2. The number of carbonyl (C=O) groups is 1. The van der Waals surface area contributed by atoms with Crippen LogP contribution < -0.4 is 0 Å². The van der Waals surface area contributed by atoms with E-state index < -0.39 is 18.0 Å². The third-order valence-electron chi connectivity index (χ3n) is 1.51. The molecule has 1 aliphatic rings. The molecule has 3 N–H and O–H groups in total. The molecule has 11 heavy (non-hydrogen) atoms. The van der Waals surface area contributed by atoms with Crippen LogP contribution in [0.25, 0.3) is 0 Å². The zero-order chi connectivity index (χ0) is 8.43. The van der Waals surface area contributed by atoms with Crippen LogP contribution in [0.15, 0.2) is 24.0 Å². The van der Waals surface area contributed by atoms with Gasteiger partial charge in [0.15, 0.2) is 0 Å². The minimum Gasteiger partial charge on any atom is -0.510 e. The van der Waals surface area contributed by atoms with E-state index in [1.807, 2.05) is 0 Å². The van der Waals surface area contributed by atoms with E-state index in [-0.39, 0.29) is 5.76 Å². The molecule has 1 rings (SSSR count). The Labute approximate surface area is 63.1 Å². The summed E-state index contributed by atoms with van der Waals surface area (Å²) in [4.78, 5) is 10.4. The Morgan fingerprint density at radius 3 is 2.64 bits per heavy atom. The van der Waals surface area contributed by atoms with E-state index in [2.05, 4.69) is 0 Å². The van der Waals surface area contributed by atoms with Crippen molar-refractivity contribution in [1.29, 1.82) is 0 Å². The maximum atomic E-state index is 10.4. The van der Waals surface area contributed by atoms with Gasteiger partial charge in [0.2, 0.25) is 0 Å². The molecule has 0 aliphatic heterocycles. The minimum absolute atomic E-state index is 0.306. The van der Waals surface area contributed by atoms with Crippen LogP contribution in [-0.2, 0) is 4.79 Å². The van der Waals surface area contributed by atoms with Crippen LogP contribution in [0, 0.1) is 5.92 Å². The smallest absolute Gasteiger partial charge is 0.313 e. The van der Waals surface area contributed by atoms with Crippen molar-refractivity contribution in [1.82, 2.24) is 0 Å². The molecule has 4 nitrogen and oxygen atoms in total. The molecular weight excluding hydrogens is 148 g/mol. The van der Waals surface area contributed by atoms with E-state index in [9.17, 15) is 4.79 Å². The Bertz CT molecular complexity index is 229. The van der Waals surface area contributed by atoms with Crippen molar-refractivity contribution in [3.63, 3.8) is 0 Å². The Balaban J connectivity index is 2.81. The van der Waals surface area contributed by atoms with Crippen molar-refractivity contribution < 1.29 is 20.1 Å². The first-order chi connectivity index (χ1) is 5.13. The summed E-state index contributed by atoms with van der Waals surface area (Å²) in [5.41, 5.74) is 0. The third-order valence-corrected chi connectivity index (χ3v) is 1.51. The monoisotopic (exact) mass is 156 g/mol. The lowest BCUT2D eigenvalue weighted by Crippen LogP contribution is -2.29. The second-order valence-corrected chi connectivity index (χ2v) is 2.29. The van der Waals surface area contributed by atoms with Crippen LogP contribution in [0.4, 0.5) is 0 Å². The lowest BCUT2D eigenvalue weighted by Gasteiger charge is -2.17. The number of aliphatic hydroxyl groups excluding tert-OH is 2. The lowest BCUT2D eigenvalue weighted by molar-refractivity contribution is -0.143. The van der Waals surface area contributed by atoms with Crippen LogP contribution in [0.3, 0.4) is 0 Å². The first-order valence-corrected chi connectivity index (χ1v) is 3.11. The fourth-order valence-electron chi connectivity index (χ4n) is 0.879. The van der Waals surface area contributed by atoms with Gasteiger partial charge in [0.25, 0.3) is 0 Å². The van der Waals surface area contributed by atoms with Gasteiger partial charge in [-0.3, -0.25) is 4.79 Å². The quantitative estimate of drug-likeness (QED) is 0.501. The Morgan fingerprint density at radius 1 is 1.55 bits per heavy atom. The van der Waals surface area contributed by atoms with E-state index in [0.717, 1.165) is 0 Å². The van der Waals surface area contributed by atoms with Gasteiger partial charge in [-0.1, -0.05) is 12.2 Å². The summed E-state index contributed by atoms with van der Waals surface area (Å²) in [6.45, 7) is 0. The van der Waals surface area contributed by atoms with Crippen LogP contribution in [0.5, 0.6) is 0 Å². The highest BCUT2D eigenvalue weighted by Crippen LogP contribution is 2.17. The molecule has 0 amide bonds.